The van der Waals surface area contributed by atoms with Crippen LogP contribution in [0.1, 0.15) is 61.1 Å². The first-order valence-electron chi connectivity index (χ1n) is 21.9. The molecule has 11 rings (SSSR count). The number of aryl methyl sites for hydroxylation is 2. The Kier molecular flexibility index (Phi) is 8.67. The molecule has 62 heavy (non-hydrogen) atoms. The van der Waals surface area contributed by atoms with Gasteiger partial charge in [-0.1, -0.05) is 166 Å². The Labute approximate surface area is 366 Å². The van der Waals surface area contributed by atoms with Crippen molar-refractivity contribution in [2.45, 2.75) is 52.4 Å². The minimum Gasteiger partial charge on any atom is -0.310 e. The van der Waals surface area contributed by atoms with Gasteiger partial charge in [0.25, 0.3) is 0 Å². The highest BCUT2D eigenvalue weighted by molar-refractivity contribution is 6.06. The average molecular weight is 799 g/mol. The third-order valence-corrected chi connectivity index (χ3v) is 13.8. The van der Waals surface area contributed by atoms with Crippen LogP contribution in [-0.2, 0) is 10.8 Å². The Morgan fingerprint density at radius 3 is 1.23 bits per heavy atom. The van der Waals surface area contributed by atoms with Gasteiger partial charge < -0.3 is 9.80 Å². The molecule has 0 fully saturated rings. The topological polar surface area (TPSA) is 6.48 Å². The van der Waals surface area contributed by atoms with Crippen molar-refractivity contribution in [3.05, 3.63) is 228 Å². The molecule has 2 aliphatic carbocycles. The van der Waals surface area contributed by atoms with E-state index in [2.05, 4.69) is 245 Å². The Hall–Kier alpha value is -7.16. The summed E-state index contributed by atoms with van der Waals surface area (Å²) in [6.07, 6.45) is 0. The number of hydrogen-bond donors (Lipinski definition) is 0. The number of hydrogen-bond acceptors (Lipinski definition) is 2. The number of rotatable bonds is 7. The summed E-state index contributed by atoms with van der Waals surface area (Å²) in [5.41, 5.74) is 22.4. The molecule has 9 aromatic rings. The van der Waals surface area contributed by atoms with Gasteiger partial charge in [-0.15, -0.1) is 0 Å². The summed E-state index contributed by atoms with van der Waals surface area (Å²) in [5.74, 6) is 0. The van der Waals surface area contributed by atoms with Gasteiger partial charge in [0.1, 0.15) is 0 Å². The van der Waals surface area contributed by atoms with Crippen molar-refractivity contribution in [3.8, 4) is 33.4 Å². The number of benzene rings is 9. The summed E-state index contributed by atoms with van der Waals surface area (Å²) in [7, 11) is 0. The quantitative estimate of drug-likeness (QED) is 0.158. The lowest BCUT2D eigenvalue weighted by molar-refractivity contribution is 0.660. The Bertz CT molecular complexity index is 3190. The van der Waals surface area contributed by atoms with Crippen LogP contribution in [0.3, 0.4) is 0 Å². The summed E-state index contributed by atoms with van der Waals surface area (Å²) in [6, 6.07) is 72.4. The molecule has 0 atom stereocenters. The van der Waals surface area contributed by atoms with Crippen LogP contribution >= 0.6 is 0 Å². The number of anilines is 6. The normalized spacial score (nSPS) is 13.9. The van der Waals surface area contributed by atoms with Crippen molar-refractivity contribution in [2.24, 2.45) is 0 Å². The van der Waals surface area contributed by atoms with E-state index in [-0.39, 0.29) is 10.8 Å². The van der Waals surface area contributed by atoms with E-state index in [1.54, 1.807) is 0 Å². The van der Waals surface area contributed by atoms with Gasteiger partial charge in [0.05, 0.1) is 5.69 Å². The minimum absolute atomic E-state index is 0.0873. The first-order valence-corrected chi connectivity index (χ1v) is 21.9. The van der Waals surface area contributed by atoms with Gasteiger partial charge >= 0.3 is 0 Å². The fraction of sp³-hybridized carbons (Fsp3) is 0.133. The second-order valence-electron chi connectivity index (χ2n) is 18.4. The van der Waals surface area contributed by atoms with Crippen LogP contribution in [0.4, 0.5) is 34.1 Å². The van der Waals surface area contributed by atoms with Crippen molar-refractivity contribution in [3.63, 3.8) is 0 Å². The minimum atomic E-state index is -0.100. The molecule has 0 aromatic heterocycles. The summed E-state index contributed by atoms with van der Waals surface area (Å²) in [4.78, 5) is 4.85. The van der Waals surface area contributed by atoms with Gasteiger partial charge in [0.15, 0.2) is 0 Å². The lowest BCUT2D eigenvalue weighted by Crippen LogP contribution is -2.16. The molecule has 0 amide bonds. The molecule has 0 spiro atoms. The van der Waals surface area contributed by atoms with Crippen LogP contribution in [0.25, 0.3) is 44.2 Å². The largest absolute Gasteiger partial charge is 0.310 e. The predicted molar refractivity (Wildman–Crippen MR) is 263 cm³/mol. The number of nitrogens with zero attached hydrogens (tertiary/aromatic N) is 2. The van der Waals surface area contributed by atoms with Crippen LogP contribution in [0.2, 0.25) is 0 Å². The van der Waals surface area contributed by atoms with Crippen molar-refractivity contribution < 1.29 is 0 Å². The standard InChI is InChI=1S/C60H50N2/c1-39-19-25-42(26-20-39)61(45-31-33-51-49-14-9-11-17-54(49)59(3,4)56(51)37-45)43-29-23-41(24-30-43)47-35-36-58(53-16-8-7-13-48(47)53)62(44-27-21-40(2)22-28-44)46-32-34-52-50-15-10-12-18-55(50)60(5,6)57(52)38-46/h7-38H,1-6H3. The first-order chi connectivity index (χ1) is 30.1. The molecule has 2 aliphatic rings. The molecule has 0 heterocycles. The summed E-state index contributed by atoms with van der Waals surface area (Å²) < 4.78 is 0. The van der Waals surface area contributed by atoms with E-state index in [1.807, 2.05) is 0 Å². The van der Waals surface area contributed by atoms with E-state index in [9.17, 15) is 0 Å². The van der Waals surface area contributed by atoms with Gasteiger partial charge in [-0.2, -0.15) is 0 Å². The van der Waals surface area contributed by atoms with Gasteiger partial charge in [-0.3, -0.25) is 0 Å². The molecule has 9 aromatic carbocycles. The second-order valence-corrected chi connectivity index (χ2v) is 18.4. The number of fused-ring (bicyclic) bond motifs is 7. The zero-order valence-corrected chi connectivity index (χ0v) is 36.4. The highest BCUT2D eigenvalue weighted by Gasteiger charge is 2.37. The SMILES string of the molecule is Cc1ccc(N(c2ccc(-c3ccc(N(c4ccc(C)cc4)c4ccc5c(c4)C(C)(C)c4ccccc4-5)c4ccccc34)cc2)c2ccc3c(c2)C(C)(C)c2ccccc2-3)cc1. The zero-order chi connectivity index (χ0) is 42.3. The van der Waals surface area contributed by atoms with Crippen molar-refractivity contribution in [1.29, 1.82) is 0 Å². The van der Waals surface area contributed by atoms with E-state index in [0.29, 0.717) is 0 Å². The monoisotopic (exact) mass is 798 g/mol. The third kappa shape index (κ3) is 5.92. The molecule has 0 aliphatic heterocycles. The first kappa shape index (κ1) is 37.8. The molecular formula is C60H50N2. The van der Waals surface area contributed by atoms with E-state index < -0.39 is 0 Å². The molecule has 300 valence electrons. The molecule has 0 radical (unpaired) electrons. The maximum Gasteiger partial charge on any atom is 0.0540 e. The maximum atomic E-state index is 2.45. The summed E-state index contributed by atoms with van der Waals surface area (Å²) in [5, 5.41) is 2.43. The highest BCUT2D eigenvalue weighted by atomic mass is 15.1. The molecule has 0 unspecified atom stereocenters. The third-order valence-electron chi connectivity index (χ3n) is 13.8. The molecule has 0 N–H and O–H groups in total. The van der Waals surface area contributed by atoms with E-state index >= 15 is 0 Å². The fourth-order valence-electron chi connectivity index (χ4n) is 10.4. The van der Waals surface area contributed by atoms with Crippen molar-refractivity contribution in [1.82, 2.24) is 0 Å². The average Bonchev–Trinajstić information content (AvgIpc) is 3.67. The molecule has 2 nitrogen and oxygen atoms in total. The van der Waals surface area contributed by atoms with Gasteiger partial charge in [0.2, 0.25) is 0 Å². The van der Waals surface area contributed by atoms with Gasteiger partial charge in [-0.25, -0.2) is 0 Å². The van der Waals surface area contributed by atoms with Gasteiger partial charge in [-0.05, 0) is 142 Å². The van der Waals surface area contributed by atoms with Crippen molar-refractivity contribution in [2.75, 3.05) is 9.80 Å². The molecule has 0 saturated carbocycles. The lowest BCUT2D eigenvalue weighted by Gasteiger charge is -2.29. The Balaban J connectivity index is 1.01. The lowest BCUT2D eigenvalue weighted by atomic mass is 9.82. The van der Waals surface area contributed by atoms with Crippen LogP contribution in [0.5, 0.6) is 0 Å². The zero-order valence-electron chi connectivity index (χ0n) is 36.4. The molecule has 2 heteroatoms. The summed E-state index contributed by atoms with van der Waals surface area (Å²) in [6.45, 7) is 13.7. The molecule has 0 saturated heterocycles. The molecular weight excluding hydrogens is 749 g/mol. The van der Waals surface area contributed by atoms with Crippen LogP contribution in [-0.4, -0.2) is 0 Å². The van der Waals surface area contributed by atoms with Crippen LogP contribution in [0.15, 0.2) is 194 Å². The predicted octanol–water partition coefficient (Wildman–Crippen LogP) is 16.7. The van der Waals surface area contributed by atoms with E-state index in [0.717, 1.165) is 34.1 Å². The van der Waals surface area contributed by atoms with Crippen LogP contribution < -0.4 is 9.80 Å². The van der Waals surface area contributed by atoms with Gasteiger partial charge in [0, 0.05) is 44.7 Å². The smallest absolute Gasteiger partial charge is 0.0540 e. The Morgan fingerprint density at radius 1 is 0.306 bits per heavy atom. The van der Waals surface area contributed by atoms with Crippen molar-refractivity contribution >= 4 is 44.9 Å². The molecule has 0 bridgehead atoms. The highest BCUT2D eigenvalue weighted by Crippen LogP contribution is 2.53. The fourth-order valence-corrected chi connectivity index (χ4v) is 10.4. The summed E-state index contributed by atoms with van der Waals surface area (Å²) >= 11 is 0. The maximum absolute atomic E-state index is 2.45. The Morgan fingerprint density at radius 2 is 0.694 bits per heavy atom. The second kappa shape index (κ2) is 14.2. The van der Waals surface area contributed by atoms with Crippen LogP contribution in [0, 0.1) is 13.8 Å². The van der Waals surface area contributed by atoms with E-state index in [1.165, 1.54) is 77.5 Å². The van der Waals surface area contributed by atoms with E-state index in [4.69, 9.17) is 0 Å².